The van der Waals surface area contributed by atoms with Gasteiger partial charge in [-0.15, -0.1) is 0 Å². The van der Waals surface area contributed by atoms with Gasteiger partial charge in [-0.1, -0.05) is 36.4 Å². The van der Waals surface area contributed by atoms with E-state index >= 15 is 0 Å². The van der Waals surface area contributed by atoms with Gasteiger partial charge in [0.1, 0.15) is 0 Å². The fraction of sp³-hybridized carbons (Fsp3) is 0.125. The molecule has 0 aliphatic rings. The van der Waals surface area contributed by atoms with Crippen molar-refractivity contribution in [3.8, 4) is 0 Å². The molecule has 1 atom stereocenters. The summed E-state index contributed by atoms with van der Waals surface area (Å²) in [5, 5.41) is 8.67. The molecule has 0 saturated heterocycles. The maximum Gasteiger partial charge on any atom is 0.251 e. The summed E-state index contributed by atoms with van der Waals surface area (Å²) in [6.45, 7) is 1.96. The van der Waals surface area contributed by atoms with Gasteiger partial charge in [0.25, 0.3) is 5.91 Å². The smallest absolute Gasteiger partial charge is 0.251 e. The van der Waals surface area contributed by atoms with Gasteiger partial charge in [-0.25, -0.2) is 0 Å². The molecular weight excluding hydrogens is 392 g/mol. The van der Waals surface area contributed by atoms with E-state index in [1.165, 1.54) is 6.07 Å². The van der Waals surface area contributed by atoms with E-state index in [-0.39, 0.29) is 24.4 Å². The zero-order valence-corrected chi connectivity index (χ0v) is 17.1. The van der Waals surface area contributed by atoms with E-state index < -0.39 is 5.91 Å². The van der Waals surface area contributed by atoms with Gasteiger partial charge in [0, 0.05) is 22.5 Å². The molecule has 31 heavy (non-hydrogen) atoms. The molecule has 5 N–H and O–H groups in total. The summed E-state index contributed by atoms with van der Waals surface area (Å²) in [6.07, 6.45) is 0. The molecule has 3 aromatic carbocycles. The second kappa shape index (κ2) is 10.1. The van der Waals surface area contributed by atoms with Crippen molar-refractivity contribution in [2.75, 3.05) is 17.2 Å². The van der Waals surface area contributed by atoms with Crippen LogP contribution in [0, 0.1) is 0 Å². The zero-order chi connectivity index (χ0) is 22.2. The highest BCUT2D eigenvalue weighted by molar-refractivity contribution is 5.97. The molecule has 0 fully saturated rings. The Morgan fingerprint density at radius 1 is 0.839 bits per heavy atom. The molecule has 3 rings (SSSR count). The first-order chi connectivity index (χ1) is 14.9. The number of nitrogens with one attached hydrogen (secondary N) is 3. The van der Waals surface area contributed by atoms with E-state index in [2.05, 4.69) is 16.0 Å². The molecular formula is C24H24N4O3. The minimum Gasteiger partial charge on any atom is -0.376 e. The number of primary amides is 1. The molecule has 0 aliphatic carbocycles. The van der Waals surface area contributed by atoms with Crippen molar-refractivity contribution in [2.45, 2.75) is 13.0 Å². The third-order valence-electron chi connectivity index (χ3n) is 4.68. The van der Waals surface area contributed by atoms with Crippen LogP contribution < -0.4 is 21.7 Å². The molecule has 158 valence electrons. The molecule has 0 saturated carbocycles. The first-order valence-electron chi connectivity index (χ1n) is 9.82. The fourth-order valence-electron chi connectivity index (χ4n) is 2.98. The van der Waals surface area contributed by atoms with Gasteiger partial charge in [0.05, 0.1) is 12.6 Å². The van der Waals surface area contributed by atoms with Crippen LogP contribution in [0.15, 0.2) is 78.9 Å². The van der Waals surface area contributed by atoms with Crippen LogP contribution in [0.2, 0.25) is 0 Å². The summed E-state index contributed by atoms with van der Waals surface area (Å²) in [4.78, 5) is 35.8. The number of benzene rings is 3. The second-order valence-electron chi connectivity index (χ2n) is 7.03. The van der Waals surface area contributed by atoms with Crippen LogP contribution in [0.1, 0.15) is 39.2 Å². The average molecular weight is 416 g/mol. The first kappa shape index (κ1) is 21.6. The summed E-state index contributed by atoms with van der Waals surface area (Å²) >= 11 is 0. The molecule has 0 spiro atoms. The van der Waals surface area contributed by atoms with Gasteiger partial charge >= 0.3 is 0 Å². The van der Waals surface area contributed by atoms with Crippen LogP contribution in [-0.2, 0) is 4.79 Å². The largest absolute Gasteiger partial charge is 0.376 e. The lowest BCUT2D eigenvalue weighted by atomic mass is 10.1. The SMILES string of the molecule is CC(NC(=O)c1ccc(NCC(=O)Nc2cccc(C(N)=O)c2)cc1)c1ccccc1. The Balaban J connectivity index is 1.51. The third-order valence-corrected chi connectivity index (χ3v) is 4.68. The molecule has 0 bridgehead atoms. The highest BCUT2D eigenvalue weighted by atomic mass is 16.2. The van der Waals surface area contributed by atoms with Crippen LogP contribution in [-0.4, -0.2) is 24.3 Å². The van der Waals surface area contributed by atoms with E-state index in [1.54, 1.807) is 42.5 Å². The monoisotopic (exact) mass is 416 g/mol. The van der Waals surface area contributed by atoms with Crippen molar-refractivity contribution < 1.29 is 14.4 Å². The van der Waals surface area contributed by atoms with E-state index in [9.17, 15) is 14.4 Å². The normalized spacial score (nSPS) is 11.3. The van der Waals surface area contributed by atoms with E-state index in [0.717, 1.165) is 5.56 Å². The van der Waals surface area contributed by atoms with Gasteiger partial charge in [-0.05, 0) is 55.0 Å². The van der Waals surface area contributed by atoms with Gasteiger partial charge in [0.15, 0.2) is 0 Å². The predicted octanol–water partition coefficient (Wildman–Crippen LogP) is 3.33. The number of amides is 3. The number of carbonyl (C=O) groups is 3. The van der Waals surface area contributed by atoms with Gasteiger partial charge < -0.3 is 21.7 Å². The lowest BCUT2D eigenvalue weighted by Crippen LogP contribution is -2.26. The van der Waals surface area contributed by atoms with Crippen LogP contribution in [0.4, 0.5) is 11.4 Å². The quantitative estimate of drug-likeness (QED) is 0.451. The van der Waals surface area contributed by atoms with Crippen LogP contribution >= 0.6 is 0 Å². The Morgan fingerprint density at radius 3 is 2.23 bits per heavy atom. The summed E-state index contributed by atoms with van der Waals surface area (Å²) in [5.74, 6) is -1.01. The van der Waals surface area contributed by atoms with Crippen molar-refractivity contribution in [2.24, 2.45) is 5.73 Å². The molecule has 0 radical (unpaired) electrons. The number of anilines is 2. The number of carbonyl (C=O) groups excluding carboxylic acids is 3. The number of rotatable bonds is 8. The lowest BCUT2D eigenvalue weighted by Gasteiger charge is -2.14. The minimum atomic E-state index is -0.559. The van der Waals surface area contributed by atoms with E-state index in [4.69, 9.17) is 5.73 Å². The summed E-state index contributed by atoms with van der Waals surface area (Å²) in [6, 6.07) is 22.9. The average Bonchev–Trinajstić information content (AvgIpc) is 2.78. The zero-order valence-electron chi connectivity index (χ0n) is 17.1. The number of hydrogen-bond acceptors (Lipinski definition) is 4. The molecule has 7 heteroatoms. The van der Waals surface area contributed by atoms with Crippen molar-refractivity contribution in [1.29, 1.82) is 0 Å². The minimum absolute atomic E-state index is 0.0252. The van der Waals surface area contributed by atoms with E-state index in [0.29, 0.717) is 22.5 Å². The number of hydrogen-bond donors (Lipinski definition) is 4. The molecule has 3 amide bonds. The van der Waals surface area contributed by atoms with Crippen LogP contribution in [0.3, 0.4) is 0 Å². The van der Waals surface area contributed by atoms with Crippen molar-refractivity contribution in [1.82, 2.24) is 5.32 Å². The Hall–Kier alpha value is -4.13. The maximum atomic E-state index is 12.5. The third kappa shape index (κ3) is 6.17. The van der Waals surface area contributed by atoms with E-state index in [1.807, 2.05) is 37.3 Å². The second-order valence-corrected chi connectivity index (χ2v) is 7.03. The van der Waals surface area contributed by atoms with Crippen LogP contribution in [0.25, 0.3) is 0 Å². The maximum absolute atomic E-state index is 12.5. The number of nitrogens with two attached hydrogens (primary N) is 1. The fourth-order valence-corrected chi connectivity index (χ4v) is 2.98. The first-order valence-corrected chi connectivity index (χ1v) is 9.82. The Labute approximate surface area is 180 Å². The van der Waals surface area contributed by atoms with Gasteiger partial charge in [0.2, 0.25) is 11.8 Å². The van der Waals surface area contributed by atoms with Crippen LogP contribution in [0.5, 0.6) is 0 Å². The van der Waals surface area contributed by atoms with Gasteiger partial charge in [-0.2, -0.15) is 0 Å². The Kier molecular flexibility index (Phi) is 7.01. The summed E-state index contributed by atoms with van der Waals surface area (Å²) in [7, 11) is 0. The molecule has 3 aromatic rings. The highest BCUT2D eigenvalue weighted by Gasteiger charge is 2.11. The molecule has 0 aliphatic heterocycles. The van der Waals surface area contributed by atoms with Gasteiger partial charge in [-0.3, -0.25) is 14.4 Å². The molecule has 7 nitrogen and oxygen atoms in total. The standard InChI is InChI=1S/C24H24N4O3/c1-16(17-6-3-2-4-7-17)27-24(31)18-10-12-20(13-11-18)26-15-22(29)28-21-9-5-8-19(14-21)23(25)30/h2-14,16,26H,15H2,1H3,(H2,25,30)(H,27,31)(H,28,29). The Bertz CT molecular complexity index is 1070. The lowest BCUT2D eigenvalue weighted by molar-refractivity contribution is -0.114. The summed E-state index contributed by atoms with van der Waals surface area (Å²) in [5.41, 5.74) is 8.31. The summed E-state index contributed by atoms with van der Waals surface area (Å²) < 4.78 is 0. The molecule has 1 unspecified atom stereocenters. The molecule has 0 heterocycles. The Morgan fingerprint density at radius 2 is 1.55 bits per heavy atom. The predicted molar refractivity (Wildman–Crippen MR) is 121 cm³/mol. The molecule has 0 aromatic heterocycles. The van der Waals surface area contributed by atoms with Crippen molar-refractivity contribution in [3.05, 3.63) is 95.6 Å². The topological polar surface area (TPSA) is 113 Å². The highest BCUT2D eigenvalue weighted by Crippen LogP contribution is 2.14. The van der Waals surface area contributed by atoms with Crippen molar-refractivity contribution >= 4 is 29.1 Å². The van der Waals surface area contributed by atoms with Crippen molar-refractivity contribution in [3.63, 3.8) is 0 Å².